The van der Waals surface area contributed by atoms with Crippen LogP contribution in [-0.2, 0) is 0 Å². The Hall–Kier alpha value is -1.29. The predicted molar refractivity (Wildman–Crippen MR) is 57.4 cm³/mol. The first-order valence-corrected chi connectivity index (χ1v) is 5.65. The Balaban J connectivity index is 1.98. The number of nitrogens with one attached hydrogen (secondary N) is 1. The first-order chi connectivity index (χ1) is 7.86. The number of rotatable bonds is 1. The third-order valence-corrected chi connectivity index (χ3v) is 3.28. The van der Waals surface area contributed by atoms with Crippen molar-refractivity contribution in [2.24, 2.45) is 0 Å². The SMILES string of the molecule is Fc1ccc(C2CCNCC2)c2c1OCO2. The van der Waals surface area contributed by atoms with Crippen LogP contribution in [0.3, 0.4) is 0 Å². The van der Waals surface area contributed by atoms with Crippen LogP contribution in [0.2, 0.25) is 0 Å². The van der Waals surface area contributed by atoms with Crippen LogP contribution in [0.25, 0.3) is 0 Å². The highest BCUT2D eigenvalue weighted by atomic mass is 19.1. The van der Waals surface area contributed by atoms with E-state index in [0.717, 1.165) is 31.5 Å². The topological polar surface area (TPSA) is 30.5 Å². The van der Waals surface area contributed by atoms with Gasteiger partial charge in [0.15, 0.2) is 11.6 Å². The van der Waals surface area contributed by atoms with Crippen LogP contribution < -0.4 is 14.8 Å². The van der Waals surface area contributed by atoms with E-state index in [1.165, 1.54) is 6.07 Å². The minimum atomic E-state index is -0.329. The van der Waals surface area contributed by atoms with Crippen molar-refractivity contribution in [2.75, 3.05) is 19.9 Å². The van der Waals surface area contributed by atoms with E-state index >= 15 is 0 Å². The van der Waals surface area contributed by atoms with Crippen LogP contribution in [-0.4, -0.2) is 19.9 Å². The van der Waals surface area contributed by atoms with E-state index in [0.29, 0.717) is 11.7 Å². The molecule has 1 saturated heterocycles. The van der Waals surface area contributed by atoms with Crippen molar-refractivity contribution in [1.82, 2.24) is 5.32 Å². The summed E-state index contributed by atoms with van der Waals surface area (Å²) in [7, 11) is 0. The molecule has 0 unspecified atom stereocenters. The maximum absolute atomic E-state index is 13.4. The van der Waals surface area contributed by atoms with Crippen molar-refractivity contribution >= 4 is 0 Å². The van der Waals surface area contributed by atoms with Gasteiger partial charge in [0.25, 0.3) is 0 Å². The highest BCUT2D eigenvalue weighted by Crippen LogP contribution is 2.43. The van der Waals surface area contributed by atoms with Crippen LogP contribution in [0.5, 0.6) is 11.5 Å². The minimum absolute atomic E-state index is 0.133. The third kappa shape index (κ3) is 1.53. The third-order valence-electron chi connectivity index (χ3n) is 3.28. The average Bonchev–Trinajstić information content (AvgIpc) is 2.81. The van der Waals surface area contributed by atoms with Gasteiger partial charge >= 0.3 is 0 Å². The molecule has 0 aromatic heterocycles. The van der Waals surface area contributed by atoms with Crippen molar-refractivity contribution in [2.45, 2.75) is 18.8 Å². The zero-order chi connectivity index (χ0) is 11.0. The summed E-state index contributed by atoms with van der Waals surface area (Å²) >= 11 is 0. The normalized spacial score (nSPS) is 20.1. The molecular weight excluding hydrogens is 209 g/mol. The molecule has 0 amide bonds. The molecule has 0 radical (unpaired) electrons. The van der Waals surface area contributed by atoms with E-state index in [1.807, 2.05) is 6.07 Å². The molecule has 2 heterocycles. The molecule has 0 aliphatic carbocycles. The molecule has 4 heteroatoms. The number of fused-ring (bicyclic) bond motifs is 1. The van der Waals surface area contributed by atoms with Crippen LogP contribution >= 0.6 is 0 Å². The molecule has 0 bridgehead atoms. The molecular formula is C12H14FNO2. The standard InChI is InChI=1S/C12H14FNO2/c13-10-2-1-9(8-3-5-14-6-4-8)11-12(10)16-7-15-11/h1-2,8,14H,3-7H2. The fraction of sp³-hybridized carbons (Fsp3) is 0.500. The van der Waals surface area contributed by atoms with Gasteiger partial charge in [-0.25, -0.2) is 4.39 Å². The first kappa shape index (κ1) is 9.90. The van der Waals surface area contributed by atoms with Crippen LogP contribution in [0, 0.1) is 5.82 Å². The molecule has 3 nitrogen and oxygen atoms in total. The van der Waals surface area contributed by atoms with E-state index in [-0.39, 0.29) is 18.4 Å². The average molecular weight is 223 g/mol. The van der Waals surface area contributed by atoms with Crippen molar-refractivity contribution in [1.29, 1.82) is 0 Å². The summed E-state index contributed by atoms with van der Waals surface area (Å²) in [6.45, 7) is 2.16. The Morgan fingerprint density at radius 3 is 2.69 bits per heavy atom. The highest BCUT2D eigenvalue weighted by Gasteiger charge is 2.27. The van der Waals surface area contributed by atoms with Gasteiger partial charge in [-0.3, -0.25) is 0 Å². The molecule has 3 rings (SSSR count). The molecule has 16 heavy (non-hydrogen) atoms. The van der Waals surface area contributed by atoms with Gasteiger partial charge in [0.2, 0.25) is 12.5 Å². The number of ether oxygens (including phenoxy) is 2. The highest BCUT2D eigenvalue weighted by molar-refractivity contribution is 5.50. The van der Waals surface area contributed by atoms with Crippen molar-refractivity contribution in [3.05, 3.63) is 23.5 Å². The van der Waals surface area contributed by atoms with Crippen molar-refractivity contribution in [3.8, 4) is 11.5 Å². The van der Waals surface area contributed by atoms with Crippen molar-refractivity contribution < 1.29 is 13.9 Å². The van der Waals surface area contributed by atoms with Crippen LogP contribution in [0.4, 0.5) is 4.39 Å². The molecule has 2 aliphatic heterocycles. The fourth-order valence-electron chi connectivity index (χ4n) is 2.44. The number of hydrogen-bond acceptors (Lipinski definition) is 3. The maximum atomic E-state index is 13.4. The second-order valence-corrected chi connectivity index (χ2v) is 4.23. The molecule has 1 aromatic carbocycles. The maximum Gasteiger partial charge on any atom is 0.231 e. The zero-order valence-corrected chi connectivity index (χ0v) is 8.96. The lowest BCUT2D eigenvalue weighted by molar-refractivity contribution is 0.169. The fourth-order valence-corrected chi connectivity index (χ4v) is 2.44. The van der Waals surface area contributed by atoms with Gasteiger partial charge in [-0.1, -0.05) is 6.07 Å². The lowest BCUT2D eigenvalue weighted by atomic mass is 9.89. The van der Waals surface area contributed by atoms with E-state index < -0.39 is 0 Å². The molecule has 2 aliphatic rings. The number of halogens is 1. The van der Waals surface area contributed by atoms with Crippen LogP contribution in [0.15, 0.2) is 12.1 Å². The quantitative estimate of drug-likeness (QED) is 0.790. The first-order valence-electron chi connectivity index (χ1n) is 5.65. The second kappa shape index (κ2) is 3.94. The minimum Gasteiger partial charge on any atom is -0.453 e. The lowest BCUT2D eigenvalue weighted by Crippen LogP contribution is -2.26. The summed E-state index contributed by atoms with van der Waals surface area (Å²) in [6.07, 6.45) is 2.14. The number of piperidine rings is 1. The molecule has 1 fully saturated rings. The largest absolute Gasteiger partial charge is 0.453 e. The summed E-state index contributed by atoms with van der Waals surface area (Å²) in [5, 5.41) is 3.32. The lowest BCUT2D eigenvalue weighted by Gasteiger charge is -2.23. The van der Waals surface area contributed by atoms with Gasteiger partial charge in [-0.15, -0.1) is 0 Å². The number of hydrogen-bond donors (Lipinski definition) is 1. The summed E-state index contributed by atoms with van der Waals surface area (Å²) in [4.78, 5) is 0. The number of benzene rings is 1. The Kier molecular flexibility index (Phi) is 2.44. The summed E-state index contributed by atoms with van der Waals surface area (Å²) in [5.74, 6) is 1.03. The van der Waals surface area contributed by atoms with E-state index in [9.17, 15) is 4.39 Å². The van der Waals surface area contributed by atoms with Gasteiger partial charge in [0.05, 0.1) is 0 Å². The Labute approximate surface area is 93.6 Å². The van der Waals surface area contributed by atoms with Crippen LogP contribution in [0.1, 0.15) is 24.3 Å². The van der Waals surface area contributed by atoms with Gasteiger partial charge in [0, 0.05) is 5.56 Å². The Morgan fingerprint density at radius 1 is 1.12 bits per heavy atom. The monoisotopic (exact) mass is 223 g/mol. The molecule has 86 valence electrons. The van der Waals surface area contributed by atoms with E-state index in [4.69, 9.17) is 9.47 Å². The summed E-state index contributed by atoms with van der Waals surface area (Å²) in [5.41, 5.74) is 1.09. The molecule has 0 saturated carbocycles. The van der Waals surface area contributed by atoms with Gasteiger partial charge in [0.1, 0.15) is 0 Å². The van der Waals surface area contributed by atoms with Gasteiger partial charge < -0.3 is 14.8 Å². The molecule has 0 atom stereocenters. The molecule has 1 aromatic rings. The zero-order valence-electron chi connectivity index (χ0n) is 8.96. The predicted octanol–water partition coefficient (Wildman–Crippen LogP) is 2.02. The van der Waals surface area contributed by atoms with Gasteiger partial charge in [-0.2, -0.15) is 0 Å². The van der Waals surface area contributed by atoms with Gasteiger partial charge in [-0.05, 0) is 37.9 Å². The summed E-state index contributed by atoms with van der Waals surface area (Å²) in [6, 6.07) is 3.31. The Bertz CT molecular complexity index is 402. The van der Waals surface area contributed by atoms with E-state index in [2.05, 4.69) is 5.32 Å². The second-order valence-electron chi connectivity index (χ2n) is 4.23. The molecule has 1 N–H and O–H groups in total. The Morgan fingerprint density at radius 2 is 1.88 bits per heavy atom. The smallest absolute Gasteiger partial charge is 0.231 e. The molecule has 0 spiro atoms. The van der Waals surface area contributed by atoms with Crippen molar-refractivity contribution in [3.63, 3.8) is 0 Å². The summed E-state index contributed by atoms with van der Waals surface area (Å²) < 4.78 is 23.9. The van der Waals surface area contributed by atoms with E-state index in [1.54, 1.807) is 0 Å².